The van der Waals surface area contributed by atoms with Crippen molar-refractivity contribution in [3.05, 3.63) is 65.7 Å². The van der Waals surface area contributed by atoms with Crippen LogP contribution < -0.4 is 16.4 Å². The standard InChI is InChI=1S/C20H18F3N3O5/c21-20(22,23)19(30)31-17(28)10-15(12-5-2-1-3-6-12)26-16(27)11-25-18(29)13-7-4-8-14(24)9-13/h1-9,15H,10-11,24H2,(H,25,29)(H,26,27). The summed E-state index contributed by atoms with van der Waals surface area (Å²) in [5, 5.41) is 4.79. The minimum absolute atomic E-state index is 0.224. The second-order valence-electron chi connectivity index (χ2n) is 6.30. The van der Waals surface area contributed by atoms with Crippen molar-refractivity contribution >= 4 is 29.4 Å². The number of carbonyl (C=O) groups excluding carboxylic acids is 4. The van der Waals surface area contributed by atoms with Gasteiger partial charge in [-0.05, 0) is 23.8 Å². The normalized spacial score (nSPS) is 11.8. The molecule has 11 heteroatoms. The molecule has 2 amide bonds. The molecular weight excluding hydrogens is 419 g/mol. The molecule has 0 fully saturated rings. The molecule has 0 aliphatic heterocycles. The molecule has 0 aliphatic rings. The monoisotopic (exact) mass is 437 g/mol. The molecule has 0 radical (unpaired) electrons. The summed E-state index contributed by atoms with van der Waals surface area (Å²) in [6.07, 6.45) is -6.06. The third-order valence-electron chi connectivity index (χ3n) is 3.90. The first-order valence-corrected chi connectivity index (χ1v) is 8.86. The van der Waals surface area contributed by atoms with Gasteiger partial charge in [-0.25, -0.2) is 4.79 Å². The van der Waals surface area contributed by atoms with Crippen molar-refractivity contribution in [2.24, 2.45) is 0 Å². The SMILES string of the molecule is Nc1cccc(C(=O)NCC(=O)NC(CC(=O)OC(=O)C(F)(F)F)c2ccccc2)c1. The summed E-state index contributed by atoms with van der Waals surface area (Å²) >= 11 is 0. The highest BCUT2D eigenvalue weighted by molar-refractivity contribution is 5.97. The third kappa shape index (κ3) is 7.46. The Morgan fingerprint density at radius 1 is 1.00 bits per heavy atom. The Morgan fingerprint density at radius 3 is 2.29 bits per heavy atom. The summed E-state index contributed by atoms with van der Waals surface area (Å²) < 4.78 is 40.6. The molecule has 2 aromatic carbocycles. The quantitative estimate of drug-likeness (QED) is 0.345. The van der Waals surface area contributed by atoms with E-state index in [0.29, 0.717) is 11.3 Å². The van der Waals surface area contributed by atoms with E-state index in [-0.39, 0.29) is 5.56 Å². The van der Waals surface area contributed by atoms with Crippen LogP contribution in [0.15, 0.2) is 54.6 Å². The summed E-state index contributed by atoms with van der Waals surface area (Å²) in [5.41, 5.74) is 6.56. The summed E-state index contributed by atoms with van der Waals surface area (Å²) in [5.74, 6) is -5.42. The number of benzene rings is 2. The van der Waals surface area contributed by atoms with E-state index in [0.717, 1.165) is 0 Å². The molecule has 0 spiro atoms. The van der Waals surface area contributed by atoms with Crippen molar-refractivity contribution in [3.63, 3.8) is 0 Å². The van der Waals surface area contributed by atoms with Crippen LogP contribution >= 0.6 is 0 Å². The fourth-order valence-corrected chi connectivity index (χ4v) is 2.50. The number of halogens is 3. The summed E-state index contributed by atoms with van der Waals surface area (Å²) in [6.45, 7) is -0.479. The first-order valence-electron chi connectivity index (χ1n) is 8.86. The molecule has 31 heavy (non-hydrogen) atoms. The molecule has 8 nitrogen and oxygen atoms in total. The Bertz CT molecular complexity index is 964. The van der Waals surface area contributed by atoms with Crippen LogP contribution in [0.25, 0.3) is 0 Å². The molecule has 2 rings (SSSR count). The van der Waals surface area contributed by atoms with Crippen molar-refractivity contribution in [1.82, 2.24) is 10.6 Å². The van der Waals surface area contributed by atoms with Gasteiger partial charge in [0.2, 0.25) is 5.91 Å². The lowest BCUT2D eigenvalue weighted by Gasteiger charge is -2.19. The zero-order valence-electron chi connectivity index (χ0n) is 15.9. The van der Waals surface area contributed by atoms with Gasteiger partial charge in [-0.1, -0.05) is 36.4 Å². The highest BCUT2D eigenvalue weighted by Gasteiger charge is 2.42. The van der Waals surface area contributed by atoms with Crippen LogP contribution in [0.5, 0.6) is 0 Å². The Balaban J connectivity index is 2.00. The molecule has 1 unspecified atom stereocenters. The Kier molecular flexibility index (Phi) is 7.72. The zero-order valence-corrected chi connectivity index (χ0v) is 15.9. The lowest BCUT2D eigenvalue weighted by molar-refractivity contribution is -0.202. The van der Waals surface area contributed by atoms with Crippen molar-refractivity contribution in [2.45, 2.75) is 18.6 Å². The number of alkyl halides is 3. The second-order valence-corrected chi connectivity index (χ2v) is 6.30. The van der Waals surface area contributed by atoms with Gasteiger partial charge < -0.3 is 21.1 Å². The summed E-state index contributed by atoms with van der Waals surface area (Å²) in [7, 11) is 0. The van der Waals surface area contributed by atoms with E-state index in [9.17, 15) is 32.3 Å². The summed E-state index contributed by atoms with van der Waals surface area (Å²) in [6, 6.07) is 12.8. The molecule has 164 valence electrons. The smallest absolute Gasteiger partial charge is 0.399 e. The van der Waals surface area contributed by atoms with E-state index >= 15 is 0 Å². The fourth-order valence-electron chi connectivity index (χ4n) is 2.50. The van der Waals surface area contributed by atoms with Gasteiger partial charge in [-0.15, -0.1) is 0 Å². The van der Waals surface area contributed by atoms with E-state index in [4.69, 9.17) is 5.73 Å². The number of hydrogen-bond donors (Lipinski definition) is 3. The van der Waals surface area contributed by atoms with Crippen LogP contribution in [-0.4, -0.2) is 36.5 Å². The molecular formula is C20H18F3N3O5. The number of anilines is 1. The minimum atomic E-state index is -5.33. The Morgan fingerprint density at radius 2 is 1.68 bits per heavy atom. The van der Waals surface area contributed by atoms with Gasteiger partial charge in [0.15, 0.2) is 0 Å². The number of carbonyl (C=O) groups is 4. The van der Waals surface area contributed by atoms with Crippen LogP contribution in [-0.2, 0) is 19.1 Å². The van der Waals surface area contributed by atoms with E-state index in [2.05, 4.69) is 15.4 Å². The van der Waals surface area contributed by atoms with Crippen LogP contribution in [0.2, 0.25) is 0 Å². The maximum atomic E-state index is 12.3. The summed E-state index contributed by atoms with van der Waals surface area (Å²) in [4.78, 5) is 46.9. The maximum absolute atomic E-state index is 12.3. The molecule has 0 heterocycles. The largest absolute Gasteiger partial charge is 0.491 e. The Labute approximate surface area is 174 Å². The van der Waals surface area contributed by atoms with Gasteiger partial charge in [0, 0.05) is 11.3 Å². The molecule has 0 saturated carbocycles. The van der Waals surface area contributed by atoms with Crippen molar-refractivity contribution in [1.29, 1.82) is 0 Å². The maximum Gasteiger partial charge on any atom is 0.491 e. The third-order valence-corrected chi connectivity index (χ3v) is 3.90. The number of amides is 2. The lowest BCUT2D eigenvalue weighted by atomic mass is 10.0. The molecule has 2 aromatic rings. The van der Waals surface area contributed by atoms with E-state index in [1.54, 1.807) is 30.3 Å². The van der Waals surface area contributed by atoms with E-state index < -0.39 is 48.9 Å². The van der Waals surface area contributed by atoms with Gasteiger partial charge in [-0.3, -0.25) is 14.4 Å². The minimum Gasteiger partial charge on any atom is -0.399 e. The van der Waals surface area contributed by atoms with Gasteiger partial charge in [-0.2, -0.15) is 13.2 Å². The van der Waals surface area contributed by atoms with Crippen molar-refractivity contribution in [2.75, 3.05) is 12.3 Å². The average molecular weight is 437 g/mol. The van der Waals surface area contributed by atoms with Gasteiger partial charge >= 0.3 is 18.1 Å². The fraction of sp³-hybridized carbons (Fsp3) is 0.200. The number of rotatable bonds is 7. The van der Waals surface area contributed by atoms with Crippen LogP contribution in [0, 0.1) is 0 Å². The van der Waals surface area contributed by atoms with Crippen LogP contribution in [0.4, 0.5) is 18.9 Å². The highest BCUT2D eigenvalue weighted by atomic mass is 19.4. The van der Waals surface area contributed by atoms with Crippen molar-refractivity contribution in [3.8, 4) is 0 Å². The Hall–Kier alpha value is -3.89. The molecule has 1 atom stereocenters. The first-order chi connectivity index (χ1) is 14.6. The number of hydrogen-bond acceptors (Lipinski definition) is 6. The predicted octanol–water partition coefficient (Wildman–Crippen LogP) is 1.88. The molecule has 0 bridgehead atoms. The first kappa shape index (κ1) is 23.4. The van der Waals surface area contributed by atoms with Gasteiger partial charge in [0.25, 0.3) is 5.91 Å². The number of nitrogens with one attached hydrogen (secondary N) is 2. The van der Waals surface area contributed by atoms with Gasteiger partial charge in [0.1, 0.15) is 0 Å². The van der Waals surface area contributed by atoms with Gasteiger partial charge in [0.05, 0.1) is 19.0 Å². The van der Waals surface area contributed by atoms with Crippen LogP contribution in [0.1, 0.15) is 28.4 Å². The van der Waals surface area contributed by atoms with E-state index in [1.165, 1.54) is 24.3 Å². The molecule has 0 aromatic heterocycles. The number of ether oxygens (including phenoxy) is 1. The number of esters is 2. The molecule has 4 N–H and O–H groups in total. The average Bonchev–Trinajstić information content (AvgIpc) is 2.71. The number of nitrogen functional groups attached to an aromatic ring is 1. The van der Waals surface area contributed by atoms with Crippen LogP contribution in [0.3, 0.4) is 0 Å². The molecule has 0 saturated heterocycles. The number of nitrogens with two attached hydrogens (primary N) is 1. The highest BCUT2D eigenvalue weighted by Crippen LogP contribution is 2.20. The van der Waals surface area contributed by atoms with E-state index in [1.807, 2.05) is 0 Å². The topological polar surface area (TPSA) is 128 Å². The van der Waals surface area contributed by atoms with Crippen molar-refractivity contribution < 1.29 is 37.1 Å². The molecule has 0 aliphatic carbocycles. The zero-order chi connectivity index (χ0) is 23.0. The predicted molar refractivity (Wildman–Crippen MR) is 102 cm³/mol. The lowest BCUT2D eigenvalue weighted by Crippen LogP contribution is -2.39. The second kappa shape index (κ2) is 10.2.